The Morgan fingerprint density at radius 3 is 2.57 bits per heavy atom. The lowest BCUT2D eigenvalue weighted by Crippen LogP contribution is -2.29. The maximum atomic E-state index is 13.1. The van der Waals surface area contributed by atoms with E-state index in [0.717, 1.165) is 31.6 Å². The number of aryl methyl sites for hydroxylation is 1. The molecule has 0 spiro atoms. The summed E-state index contributed by atoms with van der Waals surface area (Å²) in [5.74, 6) is 0.196. The molecule has 0 amide bonds. The second-order valence-electron chi connectivity index (χ2n) is 7.63. The Labute approximate surface area is 167 Å². The molecule has 3 aromatic rings. The highest BCUT2D eigenvalue weighted by Crippen LogP contribution is 2.32. The van der Waals surface area contributed by atoms with E-state index < -0.39 is 0 Å². The van der Waals surface area contributed by atoms with E-state index in [0.29, 0.717) is 5.92 Å². The van der Waals surface area contributed by atoms with Crippen LogP contribution in [0.2, 0.25) is 0 Å². The highest BCUT2D eigenvalue weighted by atomic mass is 19.1. The van der Waals surface area contributed by atoms with E-state index in [1.807, 2.05) is 12.1 Å². The van der Waals surface area contributed by atoms with Crippen molar-refractivity contribution in [3.8, 4) is 0 Å². The third kappa shape index (κ3) is 4.40. The summed E-state index contributed by atoms with van der Waals surface area (Å²) in [5.41, 5.74) is 6.67. The predicted molar refractivity (Wildman–Crippen MR) is 115 cm³/mol. The molecule has 0 saturated carbocycles. The second-order valence-corrected chi connectivity index (χ2v) is 7.63. The molecule has 142 valence electrons. The molecule has 1 unspecified atom stereocenters. The molecule has 0 fully saturated rings. The minimum atomic E-state index is -0.191. The van der Waals surface area contributed by atoms with Crippen LogP contribution in [-0.4, -0.2) is 24.5 Å². The average Bonchev–Trinajstić information content (AvgIpc) is 2.90. The van der Waals surface area contributed by atoms with Crippen molar-refractivity contribution >= 4 is 6.08 Å². The zero-order valence-corrected chi connectivity index (χ0v) is 16.3. The molecule has 0 N–H and O–H groups in total. The molecular formula is C26H26FN. The molecule has 1 nitrogen and oxygen atoms in total. The molecule has 0 bridgehead atoms. The van der Waals surface area contributed by atoms with Crippen LogP contribution in [0.25, 0.3) is 6.08 Å². The van der Waals surface area contributed by atoms with Crippen LogP contribution in [-0.2, 0) is 6.42 Å². The molecule has 28 heavy (non-hydrogen) atoms. The number of nitrogens with zero attached hydrogens (tertiary/aromatic N) is 1. The second kappa shape index (κ2) is 8.53. The lowest BCUT2D eigenvalue weighted by Gasteiger charge is -2.24. The van der Waals surface area contributed by atoms with Gasteiger partial charge in [0, 0.05) is 25.6 Å². The smallest absolute Gasteiger partial charge is 0.123 e. The molecule has 0 aromatic heterocycles. The summed E-state index contributed by atoms with van der Waals surface area (Å²) in [6.45, 7) is 5.13. The molecule has 1 aliphatic rings. The lowest BCUT2D eigenvalue weighted by molar-refractivity contribution is 0.306. The quantitative estimate of drug-likeness (QED) is 0.557. The molecule has 2 heteroatoms. The molecule has 1 atom stereocenters. The van der Waals surface area contributed by atoms with Crippen molar-refractivity contribution in [1.82, 2.24) is 4.90 Å². The summed E-state index contributed by atoms with van der Waals surface area (Å²) in [6, 6.07) is 24.4. The van der Waals surface area contributed by atoms with E-state index in [1.54, 1.807) is 0 Å². The SMILES string of the molecule is Cc1ccc2c(c1)C(c1ccccc1)CN(C/C=C/c1ccc(F)cc1)CC2. The van der Waals surface area contributed by atoms with Crippen LogP contribution in [0.4, 0.5) is 4.39 Å². The van der Waals surface area contributed by atoms with Gasteiger partial charge in [-0.1, -0.05) is 78.4 Å². The Balaban J connectivity index is 1.55. The molecule has 0 aliphatic carbocycles. The zero-order valence-electron chi connectivity index (χ0n) is 16.3. The van der Waals surface area contributed by atoms with Crippen LogP contribution in [0, 0.1) is 12.7 Å². The standard InChI is InChI=1S/C26H26FN/c1-20-9-12-23-15-17-28(16-5-6-21-10-13-24(27)14-11-21)19-26(25(23)18-20)22-7-3-2-4-8-22/h2-14,18,26H,15-17,19H2,1H3/b6-5+. The van der Waals surface area contributed by atoms with Crippen LogP contribution in [0.5, 0.6) is 0 Å². The van der Waals surface area contributed by atoms with Gasteiger partial charge in [0.25, 0.3) is 0 Å². The Hall–Kier alpha value is -2.71. The minimum absolute atomic E-state index is 0.191. The summed E-state index contributed by atoms with van der Waals surface area (Å²) in [4.78, 5) is 2.52. The summed E-state index contributed by atoms with van der Waals surface area (Å²) in [6.07, 6.45) is 5.35. The van der Waals surface area contributed by atoms with Crippen molar-refractivity contribution in [1.29, 1.82) is 0 Å². The third-order valence-electron chi connectivity index (χ3n) is 5.56. The summed E-state index contributed by atoms with van der Waals surface area (Å²) >= 11 is 0. The lowest BCUT2D eigenvalue weighted by atomic mass is 9.87. The number of hydrogen-bond donors (Lipinski definition) is 0. The third-order valence-corrected chi connectivity index (χ3v) is 5.56. The van der Waals surface area contributed by atoms with Gasteiger partial charge >= 0.3 is 0 Å². The highest BCUT2D eigenvalue weighted by molar-refractivity contribution is 5.49. The molecule has 0 saturated heterocycles. The normalized spacial score (nSPS) is 17.4. The summed E-state index contributed by atoms with van der Waals surface area (Å²) in [7, 11) is 0. The zero-order chi connectivity index (χ0) is 19.3. The van der Waals surface area contributed by atoms with Crippen LogP contribution >= 0.6 is 0 Å². The number of hydrogen-bond acceptors (Lipinski definition) is 1. The molecule has 3 aromatic carbocycles. The van der Waals surface area contributed by atoms with Gasteiger partial charge in [0.15, 0.2) is 0 Å². The van der Waals surface area contributed by atoms with Gasteiger partial charge in [-0.3, -0.25) is 4.90 Å². The Morgan fingerprint density at radius 1 is 1.00 bits per heavy atom. The molecule has 1 heterocycles. The number of benzene rings is 3. The van der Waals surface area contributed by atoms with Gasteiger partial charge in [-0.15, -0.1) is 0 Å². The van der Waals surface area contributed by atoms with Gasteiger partial charge in [-0.25, -0.2) is 4.39 Å². The maximum Gasteiger partial charge on any atom is 0.123 e. The van der Waals surface area contributed by atoms with E-state index in [2.05, 4.69) is 72.5 Å². The van der Waals surface area contributed by atoms with Crippen molar-refractivity contribution in [2.45, 2.75) is 19.3 Å². The van der Waals surface area contributed by atoms with Crippen LogP contribution in [0.1, 0.15) is 33.7 Å². The topological polar surface area (TPSA) is 3.24 Å². The first-order valence-electron chi connectivity index (χ1n) is 9.98. The van der Waals surface area contributed by atoms with Crippen LogP contribution in [0.3, 0.4) is 0 Å². The van der Waals surface area contributed by atoms with Gasteiger partial charge in [-0.05, 0) is 47.7 Å². The van der Waals surface area contributed by atoms with Crippen molar-refractivity contribution < 1.29 is 4.39 Å². The maximum absolute atomic E-state index is 13.1. The van der Waals surface area contributed by atoms with Crippen molar-refractivity contribution in [3.63, 3.8) is 0 Å². The molecule has 4 rings (SSSR count). The fourth-order valence-corrected chi connectivity index (χ4v) is 4.04. The first kappa shape index (κ1) is 18.6. The first-order chi connectivity index (χ1) is 13.7. The Kier molecular flexibility index (Phi) is 5.68. The highest BCUT2D eigenvalue weighted by Gasteiger charge is 2.24. The summed E-state index contributed by atoms with van der Waals surface area (Å²) in [5, 5.41) is 0. The fourth-order valence-electron chi connectivity index (χ4n) is 4.04. The van der Waals surface area contributed by atoms with Gasteiger partial charge < -0.3 is 0 Å². The van der Waals surface area contributed by atoms with Gasteiger partial charge in [0.05, 0.1) is 0 Å². The van der Waals surface area contributed by atoms with E-state index in [4.69, 9.17) is 0 Å². The predicted octanol–water partition coefficient (Wildman–Crippen LogP) is 5.84. The van der Waals surface area contributed by atoms with Gasteiger partial charge in [-0.2, -0.15) is 0 Å². The van der Waals surface area contributed by atoms with E-state index in [9.17, 15) is 4.39 Å². The van der Waals surface area contributed by atoms with Crippen molar-refractivity contribution in [2.75, 3.05) is 19.6 Å². The Morgan fingerprint density at radius 2 is 1.79 bits per heavy atom. The number of fused-ring (bicyclic) bond motifs is 1. The largest absolute Gasteiger partial charge is 0.298 e. The number of rotatable bonds is 4. The minimum Gasteiger partial charge on any atom is -0.298 e. The van der Waals surface area contributed by atoms with Crippen molar-refractivity contribution in [2.24, 2.45) is 0 Å². The molecule has 1 aliphatic heterocycles. The van der Waals surface area contributed by atoms with Crippen LogP contribution < -0.4 is 0 Å². The monoisotopic (exact) mass is 371 g/mol. The van der Waals surface area contributed by atoms with Crippen LogP contribution in [0.15, 0.2) is 78.9 Å². The fraction of sp³-hybridized carbons (Fsp3) is 0.231. The first-order valence-corrected chi connectivity index (χ1v) is 9.98. The van der Waals surface area contributed by atoms with Gasteiger partial charge in [0.2, 0.25) is 0 Å². The van der Waals surface area contributed by atoms with Gasteiger partial charge in [0.1, 0.15) is 5.82 Å². The van der Waals surface area contributed by atoms with Crippen molar-refractivity contribution in [3.05, 3.63) is 113 Å². The molecular weight excluding hydrogens is 345 g/mol. The Bertz CT molecular complexity index is 944. The van der Waals surface area contributed by atoms with E-state index in [1.165, 1.54) is 34.4 Å². The van der Waals surface area contributed by atoms with E-state index >= 15 is 0 Å². The average molecular weight is 371 g/mol. The summed E-state index contributed by atoms with van der Waals surface area (Å²) < 4.78 is 13.1. The molecule has 0 radical (unpaired) electrons. The van der Waals surface area contributed by atoms with E-state index in [-0.39, 0.29) is 5.82 Å². The number of halogens is 1.